The van der Waals surface area contributed by atoms with E-state index in [1.807, 2.05) is 6.07 Å². The lowest BCUT2D eigenvalue weighted by atomic mass is 10.0. The van der Waals surface area contributed by atoms with Gasteiger partial charge in [-0.15, -0.1) is 0 Å². The van der Waals surface area contributed by atoms with E-state index in [1.54, 1.807) is 37.5 Å². The largest absolute Gasteiger partial charge is 0.366 e. The predicted molar refractivity (Wildman–Crippen MR) is 83.1 cm³/mol. The highest BCUT2D eigenvalue weighted by Crippen LogP contribution is 2.29. The number of hydrogen-bond acceptors (Lipinski definition) is 3. The van der Waals surface area contributed by atoms with E-state index in [0.29, 0.717) is 16.3 Å². The standard InChI is InChI=1S/C14H16ClN5O2/c1-20(19-14(17)22)12(8-3-2-4-9(15)7-8)11-10(13(16)21)5-6-18-11/h2-7,12,18H,1H3,(H2,16,21)(H3,17,19,22). The Hall–Kier alpha value is -2.51. The number of carbonyl (C=O) groups is 2. The second-order valence-corrected chi connectivity index (χ2v) is 5.15. The molecule has 1 heterocycles. The second-order valence-electron chi connectivity index (χ2n) is 4.71. The highest BCUT2D eigenvalue weighted by molar-refractivity contribution is 6.30. The van der Waals surface area contributed by atoms with Crippen molar-refractivity contribution >= 4 is 23.5 Å². The number of benzene rings is 1. The summed E-state index contributed by atoms with van der Waals surface area (Å²) in [6, 6.07) is 7.40. The predicted octanol–water partition coefficient (Wildman–Crippen LogP) is 1.37. The molecular weight excluding hydrogens is 306 g/mol. The fraction of sp³-hybridized carbons (Fsp3) is 0.143. The molecule has 8 heteroatoms. The number of urea groups is 1. The van der Waals surface area contributed by atoms with Crippen LogP contribution in [-0.4, -0.2) is 29.0 Å². The van der Waals surface area contributed by atoms with Gasteiger partial charge in [0, 0.05) is 18.3 Å². The van der Waals surface area contributed by atoms with Crippen LogP contribution in [0.2, 0.25) is 5.02 Å². The van der Waals surface area contributed by atoms with Crippen LogP contribution in [-0.2, 0) is 0 Å². The zero-order chi connectivity index (χ0) is 16.3. The topological polar surface area (TPSA) is 117 Å². The van der Waals surface area contributed by atoms with E-state index in [9.17, 15) is 9.59 Å². The van der Waals surface area contributed by atoms with E-state index in [4.69, 9.17) is 23.1 Å². The summed E-state index contributed by atoms with van der Waals surface area (Å²) in [7, 11) is 1.63. The number of nitrogens with zero attached hydrogens (tertiary/aromatic N) is 1. The second kappa shape index (κ2) is 6.50. The Labute approximate surface area is 132 Å². The van der Waals surface area contributed by atoms with Crippen LogP contribution in [0.4, 0.5) is 4.79 Å². The number of aromatic nitrogens is 1. The summed E-state index contributed by atoms with van der Waals surface area (Å²) in [5.41, 5.74) is 14.6. The number of rotatable bonds is 5. The number of primary amides is 2. The number of halogens is 1. The number of hydrogen-bond donors (Lipinski definition) is 4. The maximum absolute atomic E-state index is 11.6. The summed E-state index contributed by atoms with van der Waals surface area (Å²) >= 11 is 6.03. The Bertz CT molecular complexity index is 700. The van der Waals surface area contributed by atoms with Gasteiger partial charge in [-0.05, 0) is 23.8 Å². The van der Waals surface area contributed by atoms with Crippen molar-refractivity contribution in [1.82, 2.24) is 15.4 Å². The van der Waals surface area contributed by atoms with Gasteiger partial charge < -0.3 is 16.5 Å². The smallest absolute Gasteiger partial charge is 0.326 e. The molecule has 116 valence electrons. The molecule has 0 fully saturated rings. The Morgan fingerprint density at radius 2 is 2.05 bits per heavy atom. The Morgan fingerprint density at radius 1 is 1.32 bits per heavy atom. The number of aromatic amines is 1. The first-order valence-corrected chi connectivity index (χ1v) is 6.79. The number of carbonyl (C=O) groups excluding carboxylic acids is 2. The van der Waals surface area contributed by atoms with Crippen LogP contribution >= 0.6 is 11.6 Å². The minimum absolute atomic E-state index is 0.322. The van der Waals surface area contributed by atoms with Crippen molar-refractivity contribution in [3.63, 3.8) is 0 Å². The molecule has 0 radical (unpaired) electrons. The van der Waals surface area contributed by atoms with Crippen molar-refractivity contribution in [1.29, 1.82) is 0 Å². The number of H-pyrrole nitrogens is 1. The van der Waals surface area contributed by atoms with Crippen LogP contribution in [0.1, 0.15) is 27.7 Å². The van der Waals surface area contributed by atoms with E-state index in [-0.39, 0.29) is 0 Å². The molecular formula is C14H16ClN5O2. The molecule has 1 unspecified atom stereocenters. The van der Waals surface area contributed by atoms with E-state index in [0.717, 1.165) is 5.56 Å². The van der Waals surface area contributed by atoms with Crippen LogP contribution < -0.4 is 16.9 Å². The summed E-state index contributed by atoms with van der Waals surface area (Å²) in [6.07, 6.45) is 1.60. The average Bonchev–Trinajstić information content (AvgIpc) is 2.87. The Balaban J connectivity index is 2.52. The van der Waals surface area contributed by atoms with Gasteiger partial charge >= 0.3 is 6.03 Å². The zero-order valence-corrected chi connectivity index (χ0v) is 12.6. The fourth-order valence-electron chi connectivity index (χ4n) is 2.32. The minimum atomic E-state index is -0.721. The molecule has 1 aromatic heterocycles. The van der Waals surface area contributed by atoms with Crippen molar-refractivity contribution in [3.8, 4) is 0 Å². The molecule has 0 spiro atoms. The van der Waals surface area contributed by atoms with Crippen molar-refractivity contribution in [2.45, 2.75) is 6.04 Å². The van der Waals surface area contributed by atoms with Gasteiger partial charge in [-0.2, -0.15) is 0 Å². The molecule has 6 N–H and O–H groups in total. The van der Waals surface area contributed by atoms with Crippen molar-refractivity contribution in [3.05, 3.63) is 58.4 Å². The lowest BCUT2D eigenvalue weighted by molar-refractivity contribution is 0.0997. The van der Waals surface area contributed by atoms with Crippen molar-refractivity contribution < 1.29 is 9.59 Å². The van der Waals surface area contributed by atoms with Gasteiger partial charge in [0.1, 0.15) is 0 Å². The molecule has 0 aliphatic carbocycles. The number of nitrogens with one attached hydrogen (secondary N) is 2. The Kier molecular flexibility index (Phi) is 4.69. The molecule has 7 nitrogen and oxygen atoms in total. The molecule has 0 aliphatic rings. The molecule has 2 rings (SSSR count). The molecule has 0 saturated carbocycles. The summed E-state index contributed by atoms with van der Waals surface area (Å²) in [4.78, 5) is 25.7. The first kappa shape index (κ1) is 15.9. The van der Waals surface area contributed by atoms with Gasteiger partial charge in [-0.3, -0.25) is 10.2 Å². The molecule has 3 amide bonds. The average molecular weight is 322 g/mol. The third-order valence-electron chi connectivity index (χ3n) is 3.16. The lowest BCUT2D eigenvalue weighted by Gasteiger charge is -2.28. The first-order valence-electron chi connectivity index (χ1n) is 6.41. The van der Waals surface area contributed by atoms with Crippen LogP contribution in [0.15, 0.2) is 36.5 Å². The van der Waals surface area contributed by atoms with E-state index in [1.165, 1.54) is 5.01 Å². The third kappa shape index (κ3) is 3.38. The van der Waals surface area contributed by atoms with Gasteiger partial charge in [-0.1, -0.05) is 23.7 Å². The molecule has 22 heavy (non-hydrogen) atoms. The normalized spacial score (nSPS) is 12.1. The summed E-state index contributed by atoms with van der Waals surface area (Å²) in [5.74, 6) is -0.573. The summed E-state index contributed by atoms with van der Waals surface area (Å²) < 4.78 is 0. The highest BCUT2D eigenvalue weighted by atomic mass is 35.5. The van der Waals surface area contributed by atoms with Gasteiger partial charge in [0.05, 0.1) is 17.3 Å². The van der Waals surface area contributed by atoms with E-state index in [2.05, 4.69) is 10.4 Å². The molecule has 1 atom stereocenters. The highest BCUT2D eigenvalue weighted by Gasteiger charge is 2.26. The fourth-order valence-corrected chi connectivity index (χ4v) is 2.52. The number of amides is 3. The van der Waals surface area contributed by atoms with Crippen molar-refractivity contribution in [2.75, 3.05) is 7.05 Å². The molecule has 1 aromatic carbocycles. The maximum atomic E-state index is 11.6. The monoisotopic (exact) mass is 321 g/mol. The number of hydrazine groups is 1. The first-order chi connectivity index (χ1) is 10.4. The van der Waals surface area contributed by atoms with Crippen LogP contribution in [0.3, 0.4) is 0 Å². The summed E-state index contributed by atoms with van der Waals surface area (Å²) in [6.45, 7) is 0. The van der Waals surface area contributed by atoms with Crippen LogP contribution in [0, 0.1) is 0 Å². The molecule has 2 aromatic rings. The van der Waals surface area contributed by atoms with Gasteiger partial charge in [-0.25, -0.2) is 9.80 Å². The van der Waals surface area contributed by atoms with E-state index < -0.39 is 18.0 Å². The summed E-state index contributed by atoms with van der Waals surface area (Å²) in [5, 5.41) is 2.01. The SMILES string of the molecule is CN(NC(N)=O)C(c1cccc(Cl)c1)c1[nH]ccc1C(N)=O. The number of nitrogens with two attached hydrogens (primary N) is 2. The maximum Gasteiger partial charge on any atom is 0.326 e. The quantitative estimate of drug-likeness (QED) is 0.623. The lowest BCUT2D eigenvalue weighted by Crippen LogP contribution is -2.45. The van der Waals surface area contributed by atoms with Crippen LogP contribution in [0.25, 0.3) is 0 Å². The van der Waals surface area contributed by atoms with Gasteiger partial charge in [0.25, 0.3) is 5.91 Å². The van der Waals surface area contributed by atoms with Gasteiger partial charge in [0.2, 0.25) is 0 Å². The minimum Gasteiger partial charge on any atom is -0.366 e. The molecule has 0 saturated heterocycles. The zero-order valence-electron chi connectivity index (χ0n) is 11.8. The third-order valence-corrected chi connectivity index (χ3v) is 3.39. The molecule has 0 bridgehead atoms. The van der Waals surface area contributed by atoms with E-state index >= 15 is 0 Å². The Morgan fingerprint density at radius 3 is 2.64 bits per heavy atom. The molecule has 0 aliphatic heterocycles. The van der Waals surface area contributed by atoms with Crippen LogP contribution in [0.5, 0.6) is 0 Å². The van der Waals surface area contributed by atoms with Gasteiger partial charge in [0.15, 0.2) is 0 Å². The van der Waals surface area contributed by atoms with Crippen molar-refractivity contribution in [2.24, 2.45) is 11.5 Å².